The van der Waals surface area contributed by atoms with E-state index in [-0.39, 0.29) is 32.2 Å². The summed E-state index contributed by atoms with van der Waals surface area (Å²) in [7, 11) is 0. The summed E-state index contributed by atoms with van der Waals surface area (Å²) in [6.07, 6.45) is 8.63. The van der Waals surface area contributed by atoms with Crippen LogP contribution in [0.15, 0.2) is 10.8 Å². The molecule has 1 aromatic heterocycles. The Morgan fingerprint density at radius 1 is 1.27 bits per heavy atom. The number of nitrogens with zero attached hydrogens (tertiary/aromatic N) is 2. The topological polar surface area (TPSA) is 72.6 Å². The molecule has 1 fully saturated rings. The van der Waals surface area contributed by atoms with Crippen LogP contribution in [-0.4, -0.2) is 28.1 Å². The van der Waals surface area contributed by atoms with Crippen LogP contribution < -0.4 is 18.9 Å². The van der Waals surface area contributed by atoms with Crippen LogP contribution >= 0.6 is 0 Å². The first kappa shape index (κ1) is 18.8. The predicted molar refractivity (Wildman–Crippen MR) is 76.4 cm³/mol. The molecule has 0 atom stereocenters. The van der Waals surface area contributed by atoms with Crippen LogP contribution in [0.25, 0.3) is 0 Å². The van der Waals surface area contributed by atoms with Gasteiger partial charge in [-0.05, 0) is 19.8 Å². The van der Waals surface area contributed by atoms with Gasteiger partial charge in [-0.2, -0.15) is 5.06 Å². The number of rotatable bonds is 2. The predicted octanol–water partition coefficient (Wildman–Crippen LogP) is 0.133. The van der Waals surface area contributed by atoms with E-state index in [0.717, 1.165) is 38.5 Å². The van der Waals surface area contributed by atoms with E-state index in [9.17, 15) is 9.59 Å². The van der Waals surface area contributed by atoms with Crippen LogP contribution in [0.5, 0.6) is 0 Å². The van der Waals surface area contributed by atoms with Crippen molar-refractivity contribution in [3.63, 3.8) is 0 Å². The number of carbonyl (C=O) groups is 2. The molecule has 1 aliphatic rings. The van der Waals surface area contributed by atoms with Crippen LogP contribution in [0.4, 0.5) is 0 Å². The molecule has 1 amide bonds. The average Bonchev–Trinajstić information content (AvgIpc) is 2.81. The van der Waals surface area contributed by atoms with Crippen molar-refractivity contribution in [2.75, 3.05) is 0 Å². The molecule has 2 rings (SSSR count). The molecule has 118 valence electrons. The van der Waals surface area contributed by atoms with Gasteiger partial charge in [0.25, 0.3) is 5.91 Å². The van der Waals surface area contributed by atoms with Crippen molar-refractivity contribution in [1.82, 2.24) is 10.2 Å². The average molecular weight is 302 g/mol. The van der Waals surface area contributed by atoms with Gasteiger partial charge in [-0.15, -0.1) is 0 Å². The minimum Gasteiger partial charge on any atom is -1.00 e. The Kier molecular flexibility index (Phi) is 7.70. The van der Waals surface area contributed by atoms with E-state index < -0.39 is 5.97 Å². The van der Waals surface area contributed by atoms with Gasteiger partial charge in [0.05, 0.1) is 11.7 Å². The number of hydroxylamine groups is 2. The molecular weight excluding hydrogens is 279 g/mol. The monoisotopic (exact) mass is 302 g/mol. The molecule has 6 nitrogen and oxygen atoms in total. The Balaban J connectivity index is 0.00000242. The van der Waals surface area contributed by atoms with Gasteiger partial charge in [-0.25, -0.2) is 0 Å². The summed E-state index contributed by atoms with van der Waals surface area (Å²) in [4.78, 5) is 29.2. The van der Waals surface area contributed by atoms with Gasteiger partial charge in [-0.1, -0.05) is 37.3 Å². The van der Waals surface area contributed by atoms with Crippen molar-refractivity contribution < 1.29 is 39.2 Å². The molecule has 0 aromatic carbocycles. The van der Waals surface area contributed by atoms with Crippen LogP contribution in [-0.2, 0) is 9.63 Å². The van der Waals surface area contributed by atoms with Gasteiger partial charge in [0.15, 0.2) is 0 Å². The smallest absolute Gasteiger partial charge is 1.00 e. The molecule has 7 heteroatoms. The Labute approximate surface area is 144 Å². The Hall–Kier alpha value is -1.25. The number of hydrogen-bond donors (Lipinski definition) is 0. The molecule has 1 aliphatic carbocycles. The molecule has 1 aromatic rings. The van der Waals surface area contributed by atoms with E-state index in [4.69, 9.17) is 9.36 Å². The molecule has 0 radical (unpaired) electrons. The molecule has 1 heterocycles. The van der Waals surface area contributed by atoms with E-state index >= 15 is 0 Å². The molecule has 22 heavy (non-hydrogen) atoms. The molecular formula is C15H23LiN2O4. The Morgan fingerprint density at radius 3 is 2.36 bits per heavy atom. The van der Waals surface area contributed by atoms with Gasteiger partial charge in [0, 0.05) is 6.92 Å². The second kappa shape index (κ2) is 9.01. The van der Waals surface area contributed by atoms with E-state index in [0.29, 0.717) is 11.3 Å². The van der Waals surface area contributed by atoms with Gasteiger partial charge in [0.2, 0.25) is 0 Å². The fourth-order valence-electron chi connectivity index (χ4n) is 2.71. The Morgan fingerprint density at radius 2 is 1.86 bits per heavy atom. The fourth-order valence-corrected chi connectivity index (χ4v) is 2.71. The van der Waals surface area contributed by atoms with Crippen LogP contribution in [0.1, 0.15) is 69.3 Å². The zero-order chi connectivity index (χ0) is 15.2. The molecule has 0 aliphatic heterocycles. The quantitative estimate of drug-likeness (QED) is 0.574. The van der Waals surface area contributed by atoms with Crippen molar-refractivity contribution >= 4 is 11.9 Å². The first-order chi connectivity index (χ1) is 10.1. The molecule has 0 unspecified atom stereocenters. The maximum absolute atomic E-state index is 12.6. The number of hydrogen-bond acceptors (Lipinski definition) is 5. The Bertz CT molecular complexity index is 501. The van der Waals surface area contributed by atoms with Crippen molar-refractivity contribution in [3.05, 3.63) is 17.5 Å². The normalized spacial score (nSPS) is 16.1. The molecule has 1 saturated carbocycles. The number of aryl methyl sites for hydroxylation is 1. The van der Waals surface area contributed by atoms with Gasteiger partial charge < -0.3 is 10.8 Å². The van der Waals surface area contributed by atoms with Gasteiger partial charge >= 0.3 is 24.8 Å². The van der Waals surface area contributed by atoms with Crippen molar-refractivity contribution in [2.24, 2.45) is 0 Å². The number of aromatic nitrogens is 1. The summed E-state index contributed by atoms with van der Waals surface area (Å²) in [6.45, 7) is 3.00. The van der Waals surface area contributed by atoms with Crippen molar-refractivity contribution in [3.8, 4) is 0 Å². The van der Waals surface area contributed by atoms with E-state index in [1.54, 1.807) is 6.92 Å². The van der Waals surface area contributed by atoms with Gasteiger partial charge in [-0.3, -0.25) is 9.59 Å². The standard InChI is InChI=1S/C15H22N2O4.Li.H/c1-11-14(10-20-16-11)15(19)17(21-12(2)18)13-8-6-4-3-5-7-9-13;;/h10,13H,3-9H2,1-2H3;;/q;+1;-1. The summed E-state index contributed by atoms with van der Waals surface area (Å²) in [5.74, 6) is -0.839. The second-order valence-corrected chi connectivity index (χ2v) is 5.53. The summed E-state index contributed by atoms with van der Waals surface area (Å²) in [5, 5.41) is 4.94. The first-order valence-corrected chi connectivity index (χ1v) is 7.52. The third-order valence-electron chi connectivity index (χ3n) is 3.81. The van der Waals surface area contributed by atoms with Crippen molar-refractivity contribution in [1.29, 1.82) is 0 Å². The van der Waals surface area contributed by atoms with E-state index in [1.165, 1.54) is 24.7 Å². The molecule has 0 saturated heterocycles. The molecule has 0 N–H and O–H groups in total. The van der Waals surface area contributed by atoms with Crippen molar-refractivity contribution in [2.45, 2.75) is 64.8 Å². The number of amides is 1. The minimum absolute atomic E-state index is 0. The summed E-state index contributed by atoms with van der Waals surface area (Å²) >= 11 is 0. The van der Waals surface area contributed by atoms with Crippen LogP contribution in [0.2, 0.25) is 0 Å². The zero-order valence-corrected chi connectivity index (χ0v) is 13.6. The molecule has 0 bridgehead atoms. The second-order valence-electron chi connectivity index (χ2n) is 5.53. The first-order valence-electron chi connectivity index (χ1n) is 7.52. The van der Waals surface area contributed by atoms with Crippen LogP contribution in [0, 0.1) is 6.92 Å². The van der Waals surface area contributed by atoms with Gasteiger partial charge in [0.1, 0.15) is 11.8 Å². The summed E-state index contributed by atoms with van der Waals surface area (Å²) in [5.41, 5.74) is 0.848. The van der Waals surface area contributed by atoms with E-state index in [2.05, 4.69) is 5.16 Å². The minimum atomic E-state index is -0.487. The van der Waals surface area contributed by atoms with Crippen LogP contribution in [0.3, 0.4) is 0 Å². The summed E-state index contributed by atoms with van der Waals surface area (Å²) in [6, 6.07) is -0.0731. The summed E-state index contributed by atoms with van der Waals surface area (Å²) < 4.78 is 4.82. The third-order valence-corrected chi connectivity index (χ3v) is 3.81. The van der Waals surface area contributed by atoms with E-state index in [1.807, 2.05) is 0 Å². The largest absolute Gasteiger partial charge is 1.00 e. The maximum atomic E-state index is 12.6. The zero-order valence-electron chi connectivity index (χ0n) is 14.6. The SMILES string of the molecule is CC(=O)ON(C(=O)c1conc1C)C1CCCCCCC1.[H-].[Li+]. The number of carbonyl (C=O) groups excluding carboxylic acids is 2. The fraction of sp³-hybridized carbons (Fsp3) is 0.667. The maximum Gasteiger partial charge on any atom is 1.00 e. The third kappa shape index (κ3) is 4.89. The molecule has 0 spiro atoms.